The molecule has 14 heteroatoms. The monoisotopic (exact) mass is 1080 g/mol. The van der Waals surface area contributed by atoms with Crippen LogP contribution >= 0.6 is 0 Å². The third kappa shape index (κ3) is 14.3. The number of carbonyl (C=O) groups is 2. The van der Waals surface area contributed by atoms with Crippen molar-refractivity contribution < 1.29 is 41.5 Å². The van der Waals surface area contributed by atoms with Crippen LogP contribution in [0.4, 0.5) is 0 Å². The van der Waals surface area contributed by atoms with E-state index in [9.17, 15) is 23.1 Å². The van der Waals surface area contributed by atoms with Gasteiger partial charge in [0.25, 0.3) is 10.1 Å². The van der Waals surface area contributed by atoms with Crippen molar-refractivity contribution in [2.45, 2.75) is 215 Å². The molecule has 12 rings (SSSR count). The summed E-state index contributed by atoms with van der Waals surface area (Å²) in [6.07, 6.45) is 22.6. The average Bonchev–Trinajstić information content (AvgIpc) is 3.40. The molecule has 0 saturated heterocycles. The number of carbonyl (C=O) groups excluding carboxylic acids is 2. The van der Waals surface area contributed by atoms with Gasteiger partial charge in [0.05, 0.1) is 43.5 Å². The van der Waals surface area contributed by atoms with Crippen LogP contribution in [0.25, 0.3) is 21.5 Å². The lowest BCUT2D eigenvalue weighted by atomic mass is 9.57. The largest absolute Gasteiger partial charge is 0.508 e. The molecule has 3 N–H and O–H groups in total. The van der Waals surface area contributed by atoms with Gasteiger partial charge in [-0.25, -0.2) is 0 Å². The van der Waals surface area contributed by atoms with Crippen LogP contribution < -0.4 is 15.4 Å². The Labute approximate surface area is 451 Å². The molecule has 0 radical (unpaired) electrons. The van der Waals surface area contributed by atoms with E-state index in [0.717, 1.165) is 150 Å². The van der Waals surface area contributed by atoms with Gasteiger partial charge in [-0.15, -0.1) is 0 Å². The normalized spacial score (nSPS) is 29.6. The summed E-state index contributed by atoms with van der Waals surface area (Å²) in [5.41, 5.74) is 4.26. The summed E-state index contributed by atoms with van der Waals surface area (Å²) in [6.45, 7) is 16.4. The van der Waals surface area contributed by atoms with Crippen LogP contribution in [0, 0.1) is 10.8 Å². The third-order valence-corrected chi connectivity index (χ3v) is 25.9. The maximum atomic E-state index is 12.3. The maximum Gasteiger partial charge on any atom is 0.311 e. The molecule has 0 atom stereocenters. The standard InChI is InChI=1S/C30H43NO3Si.C21H25NO3.C10H22O3SSi/c1-33-28(32)29-13-16-30(17-14-29,18-15-29)31-21-22-5-6-24-20-26(8-7-23(24)19-22)34-25-9-11-27(12-10-25)35(2,3)4;1-25-19(24)20-6-9-21(10-7-20,11-8-20)22-14-15-2-3-17-13-18(23)5-4-16(17)12-15;1-14(11,12)13-9-5-7-10(8-6-9)15(2,3)4/h5-8,19-20,25,27,31H,9-18,21H2,1-4H3;2-5,12-13,22-23H,6-11,14H2,1H3;9-10H,5-8H2,1-4H3. The van der Waals surface area contributed by atoms with E-state index >= 15 is 0 Å². The van der Waals surface area contributed by atoms with Crippen LogP contribution in [0.15, 0.2) is 72.8 Å². The zero-order chi connectivity index (χ0) is 53.9. The number of phenolic OH excluding ortho intramolecular Hbond substituents is 1. The van der Waals surface area contributed by atoms with Gasteiger partial charge >= 0.3 is 11.9 Å². The summed E-state index contributed by atoms with van der Waals surface area (Å²) < 4.78 is 43.5. The molecular weight excluding hydrogens is 993 g/mol. The van der Waals surface area contributed by atoms with E-state index in [2.05, 4.69) is 105 Å². The molecule has 4 aromatic rings. The zero-order valence-electron chi connectivity index (χ0n) is 46.9. The van der Waals surface area contributed by atoms with Crippen LogP contribution in [0.3, 0.4) is 0 Å². The Bertz CT molecular complexity index is 2690. The molecule has 0 aliphatic heterocycles. The Morgan fingerprint density at radius 1 is 0.533 bits per heavy atom. The van der Waals surface area contributed by atoms with Crippen LogP contribution in [-0.2, 0) is 46.5 Å². The molecule has 75 heavy (non-hydrogen) atoms. The number of fused-ring (bicyclic) bond motifs is 8. The average molecular weight is 1080 g/mol. The van der Waals surface area contributed by atoms with Crippen molar-refractivity contribution in [2.75, 3.05) is 20.5 Å². The molecule has 0 heterocycles. The zero-order valence-corrected chi connectivity index (χ0v) is 49.7. The summed E-state index contributed by atoms with van der Waals surface area (Å²) >= 11 is 0. The number of nitrogens with one attached hydrogen (secondary N) is 2. The second-order valence-electron chi connectivity index (χ2n) is 26.1. The van der Waals surface area contributed by atoms with Crippen molar-refractivity contribution in [2.24, 2.45) is 10.8 Å². The molecule has 11 nitrogen and oxygen atoms in total. The second-order valence-corrected chi connectivity index (χ2v) is 38.8. The van der Waals surface area contributed by atoms with Gasteiger partial charge in [0, 0.05) is 40.3 Å². The van der Waals surface area contributed by atoms with E-state index < -0.39 is 26.3 Å². The van der Waals surface area contributed by atoms with Crippen LogP contribution in [-0.4, -0.2) is 85.4 Å². The minimum absolute atomic E-state index is 0.00271. The Morgan fingerprint density at radius 3 is 1.31 bits per heavy atom. The first kappa shape index (κ1) is 57.4. The SMILES string of the molecule is COC(=O)C12CCC(NCc3ccc4cc(O)ccc4c3)(CC1)CC2.COC(=O)C12CCC(NCc3ccc4cc(OC5CCC([Si](C)(C)C)CC5)ccc4c3)(CC1)CC2.C[Si](C)(C)C1CCC(OS(C)(=O)=O)CC1. The number of rotatable bonds is 14. The minimum atomic E-state index is -3.27. The highest BCUT2D eigenvalue weighted by molar-refractivity contribution is 7.86. The van der Waals surface area contributed by atoms with Crippen molar-refractivity contribution in [1.29, 1.82) is 0 Å². The van der Waals surface area contributed by atoms with E-state index in [0.29, 0.717) is 11.9 Å². The molecule has 0 spiro atoms. The fourth-order valence-corrected chi connectivity index (χ4v) is 18.7. The number of benzene rings is 4. The molecule has 4 aromatic carbocycles. The quantitative estimate of drug-likeness (QED) is 0.0629. The van der Waals surface area contributed by atoms with Gasteiger partial charge in [0.15, 0.2) is 0 Å². The first-order chi connectivity index (χ1) is 35.4. The Kier molecular flexibility index (Phi) is 17.8. The number of methoxy groups -OCH3 is 2. The van der Waals surface area contributed by atoms with Crippen molar-refractivity contribution in [3.8, 4) is 11.5 Å². The first-order valence-corrected chi connectivity index (χ1v) is 37.4. The smallest absolute Gasteiger partial charge is 0.311 e. The highest BCUT2D eigenvalue weighted by Crippen LogP contribution is 2.54. The molecule has 8 fully saturated rings. The van der Waals surface area contributed by atoms with Crippen LogP contribution in [0.5, 0.6) is 11.5 Å². The van der Waals surface area contributed by atoms with E-state index in [1.54, 1.807) is 12.1 Å². The molecular formula is C61H90N2O9SSi2. The van der Waals surface area contributed by atoms with E-state index in [1.807, 2.05) is 6.07 Å². The van der Waals surface area contributed by atoms with E-state index in [4.69, 9.17) is 18.4 Å². The number of aromatic hydroxyl groups is 1. The number of phenols is 1. The van der Waals surface area contributed by atoms with Crippen LogP contribution in [0.2, 0.25) is 50.4 Å². The fraction of sp³-hybridized carbons (Fsp3) is 0.639. The van der Waals surface area contributed by atoms with Crippen molar-refractivity contribution in [3.63, 3.8) is 0 Å². The van der Waals surface area contributed by atoms with Crippen molar-refractivity contribution in [1.82, 2.24) is 10.6 Å². The molecule has 4 bridgehead atoms. The molecule has 0 amide bonds. The van der Waals surface area contributed by atoms with E-state index in [-0.39, 0.29) is 40.0 Å². The lowest BCUT2D eigenvalue weighted by Crippen LogP contribution is -2.56. The number of hydrogen-bond acceptors (Lipinski definition) is 11. The van der Waals surface area contributed by atoms with Gasteiger partial charge in [-0.05, 0) is 196 Å². The molecule has 8 saturated carbocycles. The van der Waals surface area contributed by atoms with Gasteiger partial charge in [-0.3, -0.25) is 13.8 Å². The number of ether oxygens (including phenoxy) is 3. The summed E-state index contributed by atoms with van der Waals surface area (Å²) in [5, 5.41) is 22.0. The highest BCUT2D eigenvalue weighted by atomic mass is 32.2. The lowest BCUT2D eigenvalue weighted by Gasteiger charge is -2.52. The Hall–Kier alpha value is -3.80. The summed E-state index contributed by atoms with van der Waals surface area (Å²) in [4.78, 5) is 24.4. The van der Waals surface area contributed by atoms with Gasteiger partial charge in [0.1, 0.15) is 11.5 Å². The summed E-state index contributed by atoms with van der Waals surface area (Å²) in [6, 6.07) is 25.2. The molecule has 412 valence electrons. The Balaban J connectivity index is 0.000000163. The summed E-state index contributed by atoms with van der Waals surface area (Å²) in [7, 11) is -2.31. The highest BCUT2D eigenvalue weighted by Gasteiger charge is 2.54. The second kappa shape index (κ2) is 23.3. The van der Waals surface area contributed by atoms with Gasteiger partial charge in [-0.2, -0.15) is 8.42 Å². The van der Waals surface area contributed by atoms with Gasteiger partial charge in [-0.1, -0.05) is 88.5 Å². The molecule has 0 aromatic heterocycles. The topological polar surface area (TPSA) is 149 Å². The van der Waals surface area contributed by atoms with Crippen LogP contribution in [0.1, 0.15) is 140 Å². The van der Waals surface area contributed by atoms with Crippen molar-refractivity contribution in [3.05, 3.63) is 83.9 Å². The van der Waals surface area contributed by atoms with Crippen molar-refractivity contribution >= 4 is 59.7 Å². The molecule has 8 aliphatic rings. The third-order valence-electron chi connectivity index (χ3n) is 19.2. The number of esters is 2. The molecule has 0 unspecified atom stereocenters. The number of hydrogen-bond donors (Lipinski definition) is 3. The fourth-order valence-electron chi connectivity index (χ4n) is 13.9. The predicted molar refractivity (Wildman–Crippen MR) is 308 cm³/mol. The van der Waals surface area contributed by atoms with Gasteiger partial charge in [0.2, 0.25) is 0 Å². The predicted octanol–water partition coefficient (Wildman–Crippen LogP) is 13.7. The lowest BCUT2D eigenvalue weighted by molar-refractivity contribution is -0.161. The minimum Gasteiger partial charge on any atom is -0.508 e. The summed E-state index contributed by atoms with van der Waals surface area (Å²) in [5.74, 6) is 1.30. The molecule has 8 aliphatic carbocycles. The van der Waals surface area contributed by atoms with Gasteiger partial charge < -0.3 is 30.0 Å². The first-order valence-electron chi connectivity index (χ1n) is 28.4. The maximum absolute atomic E-state index is 12.3. The van der Waals surface area contributed by atoms with E-state index in [1.165, 1.54) is 61.8 Å². The Morgan fingerprint density at radius 2 is 0.907 bits per heavy atom.